The molecule has 0 amide bonds. The highest BCUT2D eigenvalue weighted by Crippen LogP contribution is 2.30. The minimum absolute atomic E-state index is 0.0607. The molecule has 0 heterocycles. The van der Waals surface area contributed by atoms with E-state index in [9.17, 15) is 9.59 Å². The Labute approximate surface area is 129 Å². The number of ketones is 2. The molecule has 104 valence electrons. The zero-order chi connectivity index (χ0) is 15.0. The van der Waals surface area contributed by atoms with Gasteiger partial charge in [-0.2, -0.15) is 0 Å². The summed E-state index contributed by atoms with van der Waals surface area (Å²) < 4.78 is 0.582. The third-order valence-corrected chi connectivity index (χ3v) is 3.93. The molecule has 0 spiro atoms. The molecule has 0 atom stereocenters. The van der Waals surface area contributed by atoms with Crippen LogP contribution in [0.2, 0.25) is 0 Å². The number of rotatable bonds is 2. The van der Waals surface area contributed by atoms with E-state index in [4.69, 9.17) is 5.73 Å². The molecule has 0 aromatic heterocycles. The van der Waals surface area contributed by atoms with Crippen LogP contribution in [0.1, 0.15) is 20.7 Å². The van der Waals surface area contributed by atoms with Gasteiger partial charge in [-0.25, -0.2) is 0 Å². The summed E-state index contributed by atoms with van der Waals surface area (Å²) in [4.78, 5) is 24.9. The molecule has 3 N–H and O–H groups in total. The maximum Gasteiger partial charge on any atom is 0.213 e. The van der Waals surface area contributed by atoms with E-state index in [1.54, 1.807) is 30.3 Å². The van der Waals surface area contributed by atoms with Crippen molar-refractivity contribution in [3.8, 4) is 0 Å². The minimum Gasteiger partial charge on any atom is -0.394 e. The molecule has 3 rings (SSSR count). The Morgan fingerprint density at radius 2 is 1.62 bits per heavy atom. The summed E-state index contributed by atoms with van der Waals surface area (Å²) >= 11 is 3.32. The first-order valence-electron chi connectivity index (χ1n) is 6.29. The normalized spacial score (nSPS) is 14.1. The number of carbonyl (C=O) groups is 2. The zero-order valence-electron chi connectivity index (χ0n) is 10.9. The van der Waals surface area contributed by atoms with Crippen LogP contribution in [0.25, 0.3) is 0 Å². The van der Waals surface area contributed by atoms with Gasteiger partial charge in [0, 0.05) is 21.3 Å². The number of benzene rings is 2. The van der Waals surface area contributed by atoms with Crippen LogP contribution in [0.15, 0.2) is 64.4 Å². The van der Waals surface area contributed by atoms with Gasteiger partial charge in [-0.3, -0.25) is 9.59 Å². The summed E-state index contributed by atoms with van der Waals surface area (Å²) in [5.41, 5.74) is 7.28. The van der Waals surface area contributed by atoms with Crippen LogP contribution in [0.3, 0.4) is 0 Å². The van der Waals surface area contributed by atoms with E-state index in [0.29, 0.717) is 21.3 Å². The Hall–Kier alpha value is -2.40. The number of anilines is 1. The molecule has 2 aromatic carbocycles. The molecule has 5 heteroatoms. The van der Waals surface area contributed by atoms with E-state index in [1.165, 1.54) is 0 Å². The smallest absolute Gasteiger partial charge is 0.213 e. The van der Waals surface area contributed by atoms with Gasteiger partial charge in [0.2, 0.25) is 11.6 Å². The fourth-order valence-electron chi connectivity index (χ4n) is 2.24. The number of carbonyl (C=O) groups excluding carboxylic acids is 2. The summed E-state index contributed by atoms with van der Waals surface area (Å²) in [7, 11) is 0. The van der Waals surface area contributed by atoms with Gasteiger partial charge in [0.25, 0.3) is 0 Å². The Bertz CT molecular complexity index is 782. The molecule has 0 bridgehead atoms. The van der Waals surface area contributed by atoms with Crippen LogP contribution in [0.4, 0.5) is 5.69 Å². The lowest BCUT2D eigenvalue weighted by molar-refractivity contribution is 0.0974. The van der Waals surface area contributed by atoms with E-state index in [0.717, 1.165) is 0 Å². The van der Waals surface area contributed by atoms with Crippen LogP contribution in [-0.2, 0) is 0 Å². The summed E-state index contributed by atoms with van der Waals surface area (Å²) in [5, 5.41) is 2.94. The quantitative estimate of drug-likeness (QED) is 0.879. The van der Waals surface area contributed by atoms with E-state index in [1.807, 2.05) is 18.2 Å². The first-order valence-corrected chi connectivity index (χ1v) is 7.08. The van der Waals surface area contributed by atoms with Gasteiger partial charge in [-0.1, -0.05) is 46.3 Å². The van der Waals surface area contributed by atoms with Crippen molar-refractivity contribution < 1.29 is 9.59 Å². The largest absolute Gasteiger partial charge is 0.394 e. The van der Waals surface area contributed by atoms with Crippen molar-refractivity contribution in [3.63, 3.8) is 0 Å². The first kappa shape index (κ1) is 13.6. The Morgan fingerprint density at radius 1 is 0.905 bits per heavy atom. The summed E-state index contributed by atoms with van der Waals surface area (Å²) in [6, 6.07) is 14.2. The second kappa shape index (κ2) is 5.18. The minimum atomic E-state index is -0.343. The highest BCUT2D eigenvalue weighted by molar-refractivity contribution is 9.10. The van der Waals surface area contributed by atoms with Crippen molar-refractivity contribution in [1.82, 2.24) is 0 Å². The third kappa shape index (κ3) is 2.25. The lowest BCUT2D eigenvalue weighted by Crippen LogP contribution is -2.30. The van der Waals surface area contributed by atoms with Crippen molar-refractivity contribution in [3.05, 3.63) is 75.5 Å². The SMILES string of the molecule is NC1=C(Nc2ccccc2)C(=O)c2c(Br)cccc2C1=O. The van der Waals surface area contributed by atoms with E-state index in [2.05, 4.69) is 21.2 Å². The summed E-state index contributed by atoms with van der Waals surface area (Å²) in [5.74, 6) is -0.636. The average Bonchev–Trinajstić information content (AvgIpc) is 2.50. The number of halogens is 1. The summed E-state index contributed by atoms with van der Waals surface area (Å²) in [6.45, 7) is 0. The van der Waals surface area contributed by atoms with Gasteiger partial charge in [-0.15, -0.1) is 0 Å². The van der Waals surface area contributed by atoms with Crippen molar-refractivity contribution >= 4 is 33.2 Å². The van der Waals surface area contributed by atoms with Crippen LogP contribution in [0.5, 0.6) is 0 Å². The molecule has 0 aliphatic heterocycles. The Balaban J connectivity index is 2.10. The molecule has 0 radical (unpaired) electrons. The van der Waals surface area contributed by atoms with Crippen molar-refractivity contribution in [1.29, 1.82) is 0 Å². The zero-order valence-corrected chi connectivity index (χ0v) is 12.5. The van der Waals surface area contributed by atoms with Crippen molar-refractivity contribution in [2.75, 3.05) is 5.32 Å². The number of allylic oxidation sites excluding steroid dienone is 2. The Morgan fingerprint density at radius 3 is 2.33 bits per heavy atom. The molecule has 4 nitrogen and oxygen atoms in total. The number of hydrogen-bond acceptors (Lipinski definition) is 4. The lowest BCUT2D eigenvalue weighted by Gasteiger charge is -2.20. The monoisotopic (exact) mass is 342 g/mol. The Kier molecular flexibility index (Phi) is 3.35. The predicted molar refractivity (Wildman–Crippen MR) is 84.1 cm³/mol. The molecule has 0 saturated carbocycles. The molecule has 1 aliphatic rings. The molecular weight excluding hydrogens is 332 g/mol. The third-order valence-electron chi connectivity index (χ3n) is 3.27. The van der Waals surface area contributed by atoms with Gasteiger partial charge < -0.3 is 11.1 Å². The number of nitrogens with two attached hydrogens (primary N) is 1. The predicted octanol–water partition coefficient (Wildman–Crippen LogP) is 3.11. The molecule has 2 aromatic rings. The summed E-state index contributed by atoms with van der Waals surface area (Å²) in [6.07, 6.45) is 0. The number of Topliss-reactive ketones (excluding diaryl/α,β-unsaturated/α-hetero) is 2. The fraction of sp³-hybridized carbons (Fsp3) is 0. The molecule has 21 heavy (non-hydrogen) atoms. The van der Waals surface area contributed by atoms with Crippen LogP contribution < -0.4 is 11.1 Å². The van der Waals surface area contributed by atoms with Crippen molar-refractivity contribution in [2.24, 2.45) is 5.73 Å². The average molecular weight is 343 g/mol. The number of nitrogens with one attached hydrogen (secondary N) is 1. The molecule has 0 saturated heterocycles. The number of hydrogen-bond donors (Lipinski definition) is 2. The van der Waals surface area contributed by atoms with E-state index < -0.39 is 0 Å². The van der Waals surface area contributed by atoms with Crippen LogP contribution in [0, 0.1) is 0 Å². The highest BCUT2D eigenvalue weighted by Gasteiger charge is 2.32. The second-order valence-corrected chi connectivity index (χ2v) is 5.45. The number of para-hydroxylation sites is 1. The fourth-order valence-corrected chi connectivity index (χ4v) is 2.79. The molecule has 1 aliphatic carbocycles. The molecule has 0 fully saturated rings. The highest BCUT2D eigenvalue weighted by atomic mass is 79.9. The van der Waals surface area contributed by atoms with E-state index in [-0.39, 0.29) is 23.0 Å². The van der Waals surface area contributed by atoms with Gasteiger partial charge in [0.15, 0.2) is 0 Å². The van der Waals surface area contributed by atoms with Gasteiger partial charge in [0.05, 0.1) is 0 Å². The maximum absolute atomic E-state index is 12.6. The standard InChI is InChI=1S/C16H11BrN2O2/c17-11-8-4-7-10-12(11)16(21)14(13(18)15(10)20)19-9-5-2-1-3-6-9/h1-8,19H,18H2. The maximum atomic E-state index is 12.6. The van der Waals surface area contributed by atoms with Gasteiger partial charge >= 0.3 is 0 Å². The first-order chi connectivity index (χ1) is 10.1. The van der Waals surface area contributed by atoms with Gasteiger partial charge in [0.1, 0.15) is 11.4 Å². The topological polar surface area (TPSA) is 72.2 Å². The van der Waals surface area contributed by atoms with E-state index >= 15 is 0 Å². The van der Waals surface area contributed by atoms with Crippen LogP contribution in [-0.4, -0.2) is 11.6 Å². The molecular formula is C16H11BrN2O2. The van der Waals surface area contributed by atoms with Crippen molar-refractivity contribution in [2.45, 2.75) is 0 Å². The second-order valence-electron chi connectivity index (χ2n) is 4.60. The van der Waals surface area contributed by atoms with Crippen LogP contribution >= 0.6 is 15.9 Å². The number of fused-ring (bicyclic) bond motifs is 1. The lowest BCUT2D eigenvalue weighted by atomic mass is 9.90. The van der Waals surface area contributed by atoms with Gasteiger partial charge in [-0.05, 0) is 18.2 Å². The molecule has 0 unspecified atom stereocenters.